The Morgan fingerprint density at radius 1 is 1.20 bits per heavy atom. The number of nitrogens with zero attached hydrogens (tertiary/aromatic N) is 6. The van der Waals surface area contributed by atoms with Crippen LogP contribution in [0.3, 0.4) is 0 Å². The van der Waals surface area contributed by atoms with Crippen LogP contribution in [0.5, 0.6) is 0 Å². The number of aromatic amines is 1. The largest absolute Gasteiger partial charge is 0.308 e. The van der Waals surface area contributed by atoms with Crippen LogP contribution in [0.2, 0.25) is 5.02 Å². The fourth-order valence-corrected chi connectivity index (χ4v) is 6.18. The first-order chi connectivity index (χ1) is 16.9. The number of H-pyrrole nitrogens is 1. The first kappa shape index (κ1) is 23.2. The molecular formula is C23H20ClN7O3S. The fraction of sp³-hybridized carbons (Fsp3) is 0.261. The van der Waals surface area contributed by atoms with Gasteiger partial charge < -0.3 is 4.98 Å². The molecule has 2 aromatic heterocycles. The van der Waals surface area contributed by atoms with E-state index in [0.717, 1.165) is 5.56 Å². The highest BCUT2D eigenvalue weighted by molar-refractivity contribution is 7.89. The third-order valence-electron chi connectivity index (χ3n) is 6.01. The number of benzene rings is 2. The molecule has 0 bridgehead atoms. The number of nitrogens with one attached hydrogen (secondary N) is 1. The van der Waals surface area contributed by atoms with E-state index in [1.165, 1.54) is 21.1 Å². The Kier molecular flexibility index (Phi) is 6.10. The minimum Gasteiger partial charge on any atom is -0.308 e. The minimum absolute atomic E-state index is 0.0242. The standard InChI is InChI=1S/C23H20ClN7O3S/c24-18-8-3-5-15(11-18)13-31-22-20(28-29-31)23(32)27-21(26-22)17-7-4-10-30(14-17)35(33,34)19-9-2-1-6-16(19)12-25/h1-3,5-6,8-9,11,17H,4,7,10,13-14H2,(H,26,27,32)/t17-/m1/s1. The van der Waals surface area contributed by atoms with Crippen molar-refractivity contribution in [3.63, 3.8) is 0 Å². The van der Waals surface area contributed by atoms with Crippen molar-refractivity contribution >= 4 is 32.8 Å². The number of sulfonamides is 1. The van der Waals surface area contributed by atoms with Gasteiger partial charge in [-0.1, -0.05) is 41.1 Å². The van der Waals surface area contributed by atoms with Crippen LogP contribution in [0.25, 0.3) is 11.2 Å². The molecule has 1 fully saturated rings. The lowest BCUT2D eigenvalue weighted by atomic mass is 9.99. The summed E-state index contributed by atoms with van der Waals surface area (Å²) in [6.45, 7) is 0.773. The molecule has 0 spiro atoms. The van der Waals surface area contributed by atoms with Gasteiger partial charge in [0.25, 0.3) is 5.56 Å². The Morgan fingerprint density at radius 3 is 2.83 bits per heavy atom. The van der Waals surface area contributed by atoms with Crippen molar-refractivity contribution in [2.75, 3.05) is 13.1 Å². The second-order valence-electron chi connectivity index (χ2n) is 8.31. The van der Waals surface area contributed by atoms with Crippen LogP contribution in [0.15, 0.2) is 58.2 Å². The van der Waals surface area contributed by atoms with E-state index >= 15 is 0 Å². The molecule has 0 unspecified atom stereocenters. The zero-order chi connectivity index (χ0) is 24.6. The van der Waals surface area contributed by atoms with Crippen molar-refractivity contribution in [1.82, 2.24) is 29.3 Å². The third-order valence-corrected chi connectivity index (χ3v) is 8.17. The fourth-order valence-electron chi connectivity index (χ4n) is 4.30. The van der Waals surface area contributed by atoms with Crippen molar-refractivity contribution in [3.05, 3.63) is 80.9 Å². The summed E-state index contributed by atoms with van der Waals surface area (Å²) in [6, 6.07) is 15.4. The second kappa shape index (κ2) is 9.22. The summed E-state index contributed by atoms with van der Waals surface area (Å²) in [6.07, 6.45) is 1.23. The lowest BCUT2D eigenvalue weighted by molar-refractivity contribution is 0.309. The van der Waals surface area contributed by atoms with Gasteiger partial charge in [0.1, 0.15) is 11.9 Å². The van der Waals surface area contributed by atoms with Crippen LogP contribution < -0.4 is 5.56 Å². The van der Waals surface area contributed by atoms with Gasteiger partial charge in [-0.2, -0.15) is 9.57 Å². The van der Waals surface area contributed by atoms with Crippen LogP contribution >= 0.6 is 11.6 Å². The molecule has 2 aromatic carbocycles. The normalized spacial score (nSPS) is 16.9. The average molecular weight is 510 g/mol. The molecule has 35 heavy (non-hydrogen) atoms. The molecule has 4 aromatic rings. The number of nitriles is 1. The zero-order valence-corrected chi connectivity index (χ0v) is 20.0. The highest BCUT2D eigenvalue weighted by Gasteiger charge is 2.33. The van der Waals surface area contributed by atoms with Crippen LogP contribution in [-0.4, -0.2) is 50.8 Å². The predicted molar refractivity (Wildman–Crippen MR) is 128 cm³/mol. The summed E-state index contributed by atoms with van der Waals surface area (Å²) in [5, 5.41) is 18.0. The Labute approximate surface area is 205 Å². The summed E-state index contributed by atoms with van der Waals surface area (Å²) >= 11 is 6.08. The van der Waals surface area contributed by atoms with Crippen LogP contribution in [0, 0.1) is 11.3 Å². The highest BCUT2D eigenvalue weighted by atomic mass is 35.5. The second-order valence-corrected chi connectivity index (χ2v) is 10.7. The van der Waals surface area contributed by atoms with Gasteiger partial charge in [0, 0.05) is 24.0 Å². The van der Waals surface area contributed by atoms with Crippen molar-refractivity contribution < 1.29 is 8.42 Å². The quantitative estimate of drug-likeness (QED) is 0.436. The van der Waals surface area contributed by atoms with E-state index in [1.807, 2.05) is 18.2 Å². The maximum absolute atomic E-state index is 13.3. The van der Waals surface area contributed by atoms with Gasteiger partial charge in [-0.3, -0.25) is 4.79 Å². The van der Waals surface area contributed by atoms with Gasteiger partial charge >= 0.3 is 0 Å². The van der Waals surface area contributed by atoms with E-state index in [4.69, 9.17) is 11.6 Å². The Bertz CT molecular complexity index is 1620. The first-order valence-electron chi connectivity index (χ1n) is 10.9. The number of halogens is 1. The minimum atomic E-state index is -3.89. The van der Waals surface area contributed by atoms with E-state index in [1.54, 1.807) is 24.3 Å². The smallest absolute Gasteiger partial charge is 0.281 e. The molecule has 1 N–H and O–H groups in total. The SMILES string of the molecule is N#Cc1ccccc1S(=O)(=O)N1CCC[C@@H](c2nc3c(nnn3Cc3cccc(Cl)c3)c(=O)[nH]2)C1. The molecular weight excluding hydrogens is 490 g/mol. The summed E-state index contributed by atoms with van der Waals surface area (Å²) in [4.78, 5) is 20.1. The predicted octanol–water partition coefficient (Wildman–Crippen LogP) is 2.66. The number of fused-ring (bicyclic) bond motifs is 1. The van der Waals surface area contributed by atoms with E-state index < -0.39 is 15.6 Å². The van der Waals surface area contributed by atoms with Crippen molar-refractivity contribution in [2.45, 2.75) is 30.2 Å². The topological polar surface area (TPSA) is 138 Å². The maximum atomic E-state index is 13.3. The van der Waals surface area contributed by atoms with Crippen molar-refractivity contribution in [3.8, 4) is 6.07 Å². The van der Waals surface area contributed by atoms with Gasteiger partial charge in [0.05, 0.1) is 17.0 Å². The van der Waals surface area contributed by atoms with E-state index in [9.17, 15) is 18.5 Å². The van der Waals surface area contributed by atoms with Crippen LogP contribution in [0.1, 0.15) is 35.7 Å². The average Bonchev–Trinajstić information content (AvgIpc) is 3.27. The molecule has 0 radical (unpaired) electrons. The number of hydrogen-bond acceptors (Lipinski definition) is 7. The van der Waals surface area contributed by atoms with Gasteiger partial charge in [-0.05, 0) is 42.7 Å². The lowest BCUT2D eigenvalue weighted by Crippen LogP contribution is -2.40. The number of piperidine rings is 1. The van der Waals surface area contributed by atoms with E-state index in [-0.39, 0.29) is 28.4 Å². The molecule has 1 aliphatic heterocycles. The third kappa shape index (κ3) is 4.43. The molecule has 1 aliphatic rings. The Hall–Kier alpha value is -3.59. The summed E-state index contributed by atoms with van der Waals surface area (Å²) in [7, 11) is -3.89. The molecule has 0 aliphatic carbocycles. The highest BCUT2D eigenvalue weighted by Crippen LogP contribution is 2.30. The van der Waals surface area contributed by atoms with E-state index in [0.29, 0.717) is 42.4 Å². The Balaban J connectivity index is 1.47. The molecule has 1 saturated heterocycles. The molecule has 5 rings (SSSR count). The van der Waals surface area contributed by atoms with E-state index in [2.05, 4.69) is 20.3 Å². The molecule has 0 amide bonds. The molecule has 10 nitrogen and oxygen atoms in total. The van der Waals surface area contributed by atoms with Gasteiger partial charge in [-0.25, -0.2) is 18.1 Å². The van der Waals surface area contributed by atoms with Crippen LogP contribution in [-0.2, 0) is 16.6 Å². The number of aromatic nitrogens is 5. The van der Waals surface area contributed by atoms with Crippen molar-refractivity contribution in [1.29, 1.82) is 5.26 Å². The molecule has 178 valence electrons. The molecule has 0 saturated carbocycles. The maximum Gasteiger partial charge on any atom is 0.281 e. The van der Waals surface area contributed by atoms with Gasteiger partial charge in [0.15, 0.2) is 11.2 Å². The molecule has 12 heteroatoms. The molecule has 3 heterocycles. The van der Waals surface area contributed by atoms with Crippen molar-refractivity contribution in [2.24, 2.45) is 0 Å². The number of rotatable bonds is 5. The number of hydrogen-bond donors (Lipinski definition) is 1. The molecule has 1 atom stereocenters. The Morgan fingerprint density at radius 2 is 2.03 bits per heavy atom. The summed E-state index contributed by atoms with van der Waals surface area (Å²) < 4.78 is 29.5. The zero-order valence-electron chi connectivity index (χ0n) is 18.4. The van der Waals surface area contributed by atoms with Gasteiger partial charge in [-0.15, -0.1) is 5.10 Å². The monoisotopic (exact) mass is 509 g/mol. The first-order valence-corrected chi connectivity index (χ1v) is 12.8. The lowest BCUT2D eigenvalue weighted by Gasteiger charge is -2.31. The summed E-state index contributed by atoms with van der Waals surface area (Å²) in [5.41, 5.74) is 0.965. The van der Waals surface area contributed by atoms with Crippen LogP contribution in [0.4, 0.5) is 0 Å². The van der Waals surface area contributed by atoms with Gasteiger partial charge in [0.2, 0.25) is 10.0 Å². The summed E-state index contributed by atoms with van der Waals surface area (Å²) in [5.74, 6) is 0.0463.